The van der Waals surface area contributed by atoms with Gasteiger partial charge in [0, 0.05) is 22.8 Å². The minimum Gasteiger partial charge on any atom is -0.368 e. The van der Waals surface area contributed by atoms with Crippen LogP contribution in [0.4, 0.5) is 17.5 Å². The van der Waals surface area contributed by atoms with Gasteiger partial charge in [0.1, 0.15) is 5.82 Å². The molecule has 24 heavy (non-hydrogen) atoms. The molecule has 0 bridgehead atoms. The average molecular weight is 313 g/mol. The van der Waals surface area contributed by atoms with Crippen LogP contribution in [0, 0.1) is 0 Å². The highest BCUT2D eigenvalue weighted by molar-refractivity contribution is 5.85. The smallest absolute Gasteiger partial charge is 0.221 e. The fraction of sp³-hybridized carbons (Fsp3) is 0. The molecule has 3 N–H and O–H groups in total. The Morgan fingerprint density at radius 2 is 1.67 bits per heavy atom. The summed E-state index contributed by atoms with van der Waals surface area (Å²) < 4.78 is 0. The number of fused-ring (bicyclic) bond motifs is 1. The zero-order valence-electron chi connectivity index (χ0n) is 12.8. The highest BCUT2D eigenvalue weighted by Crippen LogP contribution is 2.24. The molecular weight excluding hydrogens is 298 g/mol. The molecular formula is C19H15N5. The molecule has 5 nitrogen and oxygen atoms in total. The van der Waals surface area contributed by atoms with Crippen LogP contribution in [-0.4, -0.2) is 15.0 Å². The minimum absolute atomic E-state index is 0.241. The van der Waals surface area contributed by atoms with Gasteiger partial charge in [-0.05, 0) is 24.3 Å². The molecule has 0 aliphatic rings. The van der Waals surface area contributed by atoms with Crippen molar-refractivity contribution in [3.05, 3.63) is 72.9 Å². The van der Waals surface area contributed by atoms with E-state index in [4.69, 9.17) is 10.7 Å². The lowest BCUT2D eigenvalue weighted by atomic mass is 10.1. The summed E-state index contributed by atoms with van der Waals surface area (Å²) in [5.74, 6) is 0.895. The minimum atomic E-state index is 0.241. The SMILES string of the molecule is Nc1nccc(Nc2ccc3ccc(-c4ccccc4)nc3c2)n1. The van der Waals surface area contributed by atoms with Crippen LogP contribution in [0.5, 0.6) is 0 Å². The topological polar surface area (TPSA) is 76.7 Å². The second kappa shape index (κ2) is 5.96. The molecule has 0 unspecified atom stereocenters. The maximum Gasteiger partial charge on any atom is 0.221 e. The number of nitrogens with two attached hydrogens (primary N) is 1. The molecule has 0 aliphatic carbocycles. The van der Waals surface area contributed by atoms with E-state index in [1.54, 1.807) is 12.3 Å². The van der Waals surface area contributed by atoms with Crippen molar-refractivity contribution in [3.8, 4) is 11.3 Å². The van der Waals surface area contributed by atoms with Crippen molar-refractivity contribution in [1.29, 1.82) is 0 Å². The first-order valence-corrected chi connectivity index (χ1v) is 7.60. The zero-order chi connectivity index (χ0) is 16.4. The molecule has 2 aromatic carbocycles. The summed E-state index contributed by atoms with van der Waals surface area (Å²) in [6.07, 6.45) is 1.62. The summed E-state index contributed by atoms with van der Waals surface area (Å²) in [5, 5.41) is 4.31. The van der Waals surface area contributed by atoms with E-state index >= 15 is 0 Å². The molecule has 4 rings (SSSR count). The van der Waals surface area contributed by atoms with E-state index < -0.39 is 0 Å². The fourth-order valence-corrected chi connectivity index (χ4v) is 2.56. The number of nitrogens with one attached hydrogen (secondary N) is 1. The predicted molar refractivity (Wildman–Crippen MR) is 96.9 cm³/mol. The molecule has 4 aromatic rings. The third kappa shape index (κ3) is 2.87. The van der Waals surface area contributed by atoms with Crippen LogP contribution in [0.15, 0.2) is 72.9 Å². The second-order valence-electron chi connectivity index (χ2n) is 5.40. The first-order chi connectivity index (χ1) is 11.8. The Hall–Kier alpha value is -3.47. The summed E-state index contributed by atoms with van der Waals surface area (Å²) >= 11 is 0. The van der Waals surface area contributed by atoms with Crippen molar-refractivity contribution in [2.45, 2.75) is 0 Å². The Labute approximate surface area is 139 Å². The first-order valence-electron chi connectivity index (χ1n) is 7.60. The highest BCUT2D eigenvalue weighted by atomic mass is 15.1. The van der Waals surface area contributed by atoms with E-state index in [2.05, 4.69) is 33.5 Å². The Balaban J connectivity index is 1.71. The van der Waals surface area contributed by atoms with Gasteiger partial charge >= 0.3 is 0 Å². The largest absolute Gasteiger partial charge is 0.368 e. The number of hydrogen-bond donors (Lipinski definition) is 2. The van der Waals surface area contributed by atoms with Crippen molar-refractivity contribution in [3.63, 3.8) is 0 Å². The van der Waals surface area contributed by atoms with Crippen LogP contribution in [0.1, 0.15) is 0 Å². The highest BCUT2D eigenvalue weighted by Gasteiger charge is 2.03. The van der Waals surface area contributed by atoms with Crippen molar-refractivity contribution >= 4 is 28.4 Å². The number of anilines is 3. The lowest BCUT2D eigenvalue weighted by molar-refractivity contribution is 1.18. The molecule has 2 aromatic heterocycles. The van der Waals surface area contributed by atoms with E-state index in [1.807, 2.05) is 42.5 Å². The third-order valence-electron chi connectivity index (χ3n) is 3.71. The second-order valence-corrected chi connectivity index (χ2v) is 5.40. The van der Waals surface area contributed by atoms with E-state index in [0.29, 0.717) is 5.82 Å². The Kier molecular flexibility index (Phi) is 3.51. The van der Waals surface area contributed by atoms with Gasteiger partial charge in [0.05, 0.1) is 11.2 Å². The van der Waals surface area contributed by atoms with Crippen LogP contribution in [-0.2, 0) is 0 Å². The molecule has 0 aliphatic heterocycles. The van der Waals surface area contributed by atoms with Crippen molar-refractivity contribution in [1.82, 2.24) is 15.0 Å². The Morgan fingerprint density at radius 3 is 2.50 bits per heavy atom. The van der Waals surface area contributed by atoms with E-state index in [-0.39, 0.29) is 5.95 Å². The van der Waals surface area contributed by atoms with Crippen LogP contribution < -0.4 is 11.1 Å². The standard InChI is InChI=1S/C19H15N5/c20-19-21-11-10-18(24-19)22-15-8-6-14-7-9-16(23-17(14)12-15)13-4-2-1-3-5-13/h1-12H,(H3,20,21,22,24). The lowest BCUT2D eigenvalue weighted by Crippen LogP contribution is -1.99. The van der Waals surface area contributed by atoms with Crippen LogP contribution in [0.25, 0.3) is 22.2 Å². The number of hydrogen-bond acceptors (Lipinski definition) is 5. The van der Waals surface area contributed by atoms with Gasteiger partial charge in [0.15, 0.2) is 0 Å². The molecule has 5 heteroatoms. The number of rotatable bonds is 3. The Bertz CT molecular complexity index is 999. The number of pyridine rings is 1. The number of benzene rings is 2. The molecule has 0 amide bonds. The molecule has 0 spiro atoms. The quantitative estimate of drug-likeness (QED) is 0.597. The molecule has 0 radical (unpaired) electrons. The van der Waals surface area contributed by atoms with Crippen LogP contribution in [0.3, 0.4) is 0 Å². The summed E-state index contributed by atoms with van der Waals surface area (Å²) in [5.41, 5.74) is 9.48. The molecule has 116 valence electrons. The molecule has 2 heterocycles. The maximum absolute atomic E-state index is 5.61. The van der Waals surface area contributed by atoms with Gasteiger partial charge in [0.2, 0.25) is 5.95 Å². The fourth-order valence-electron chi connectivity index (χ4n) is 2.56. The lowest BCUT2D eigenvalue weighted by Gasteiger charge is -2.08. The van der Waals surface area contributed by atoms with Gasteiger partial charge in [-0.25, -0.2) is 9.97 Å². The van der Waals surface area contributed by atoms with Gasteiger partial charge in [-0.15, -0.1) is 0 Å². The van der Waals surface area contributed by atoms with Gasteiger partial charge in [-0.3, -0.25) is 0 Å². The van der Waals surface area contributed by atoms with Gasteiger partial charge in [-0.1, -0.05) is 42.5 Å². The molecule has 0 fully saturated rings. The van der Waals surface area contributed by atoms with Crippen LogP contribution in [0.2, 0.25) is 0 Å². The summed E-state index contributed by atoms with van der Waals surface area (Å²) in [6, 6.07) is 22.0. The third-order valence-corrected chi connectivity index (χ3v) is 3.71. The number of nitrogens with zero attached hydrogens (tertiary/aromatic N) is 3. The van der Waals surface area contributed by atoms with Gasteiger partial charge in [0.25, 0.3) is 0 Å². The van der Waals surface area contributed by atoms with Crippen molar-refractivity contribution < 1.29 is 0 Å². The molecule has 0 saturated carbocycles. The summed E-state index contributed by atoms with van der Waals surface area (Å²) in [7, 11) is 0. The van der Waals surface area contributed by atoms with Crippen molar-refractivity contribution in [2.24, 2.45) is 0 Å². The monoisotopic (exact) mass is 313 g/mol. The van der Waals surface area contributed by atoms with Gasteiger partial charge < -0.3 is 11.1 Å². The Morgan fingerprint density at radius 1 is 0.833 bits per heavy atom. The maximum atomic E-state index is 5.61. The predicted octanol–water partition coefficient (Wildman–Crippen LogP) is 4.02. The molecule has 0 saturated heterocycles. The zero-order valence-corrected chi connectivity index (χ0v) is 12.8. The average Bonchev–Trinajstić information content (AvgIpc) is 2.62. The van der Waals surface area contributed by atoms with Crippen LogP contribution >= 0.6 is 0 Å². The number of nitrogen functional groups attached to an aromatic ring is 1. The van der Waals surface area contributed by atoms with E-state index in [0.717, 1.165) is 27.8 Å². The van der Waals surface area contributed by atoms with E-state index in [9.17, 15) is 0 Å². The number of aromatic nitrogens is 3. The summed E-state index contributed by atoms with van der Waals surface area (Å²) in [4.78, 5) is 12.8. The van der Waals surface area contributed by atoms with Crippen molar-refractivity contribution in [2.75, 3.05) is 11.1 Å². The van der Waals surface area contributed by atoms with E-state index in [1.165, 1.54) is 0 Å². The summed E-state index contributed by atoms with van der Waals surface area (Å²) in [6.45, 7) is 0. The van der Waals surface area contributed by atoms with Gasteiger partial charge in [-0.2, -0.15) is 4.98 Å². The molecule has 0 atom stereocenters. The normalized spacial score (nSPS) is 10.7. The first kappa shape index (κ1) is 14.1.